The summed E-state index contributed by atoms with van der Waals surface area (Å²) < 4.78 is 11.5. The van der Waals surface area contributed by atoms with E-state index in [1.807, 2.05) is 24.3 Å². The van der Waals surface area contributed by atoms with Crippen LogP contribution in [0.25, 0.3) is 0 Å². The molecule has 1 N–H and O–H groups in total. The number of thiophene rings is 1. The van der Waals surface area contributed by atoms with Gasteiger partial charge in [-0.05, 0) is 34.1 Å². The minimum atomic E-state index is -0.106. The van der Waals surface area contributed by atoms with Gasteiger partial charge in [-0.2, -0.15) is 0 Å². The Balaban J connectivity index is 2.09. The van der Waals surface area contributed by atoms with E-state index in [0.29, 0.717) is 22.9 Å². The number of carbonyl (C=O) groups excluding carboxylic acids is 1. The van der Waals surface area contributed by atoms with Crippen LogP contribution in [0, 0.1) is 0 Å². The van der Waals surface area contributed by atoms with Crippen LogP contribution in [0.5, 0.6) is 11.5 Å². The zero-order chi connectivity index (χ0) is 14.5. The van der Waals surface area contributed by atoms with Gasteiger partial charge in [0, 0.05) is 12.1 Å². The Hall–Kier alpha value is -1.53. The summed E-state index contributed by atoms with van der Waals surface area (Å²) in [6, 6.07) is 9.22. The number of carbonyl (C=O) groups is 1. The molecule has 2 aromatic rings. The first-order valence-corrected chi connectivity index (χ1v) is 7.50. The summed E-state index contributed by atoms with van der Waals surface area (Å²) in [6.07, 6.45) is 0. The Morgan fingerprint density at radius 3 is 2.65 bits per heavy atom. The van der Waals surface area contributed by atoms with E-state index in [2.05, 4.69) is 21.2 Å². The van der Waals surface area contributed by atoms with E-state index in [1.165, 1.54) is 11.3 Å². The summed E-state index contributed by atoms with van der Waals surface area (Å²) in [5.74, 6) is 1.19. The predicted octanol–water partition coefficient (Wildman–Crippen LogP) is 3.46. The highest BCUT2D eigenvalue weighted by Gasteiger charge is 2.12. The Morgan fingerprint density at radius 2 is 2.05 bits per heavy atom. The van der Waals surface area contributed by atoms with E-state index in [-0.39, 0.29) is 5.91 Å². The fourth-order valence-electron chi connectivity index (χ4n) is 1.79. The van der Waals surface area contributed by atoms with Crippen LogP contribution in [0.4, 0.5) is 0 Å². The molecule has 4 nitrogen and oxygen atoms in total. The zero-order valence-electron chi connectivity index (χ0n) is 11.1. The summed E-state index contributed by atoms with van der Waals surface area (Å²) in [5.41, 5.74) is 0.871. The van der Waals surface area contributed by atoms with Crippen LogP contribution in [0.3, 0.4) is 0 Å². The molecular formula is C14H14BrNO3S. The van der Waals surface area contributed by atoms with E-state index >= 15 is 0 Å². The van der Waals surface area contributed by atoms with Crippen LogP contribution in [-0.4, -0.2) is 20.1 Å². The van der Waals surface area contributed by atoms with Crippen molar-refractivity contribution in [2.24, 2.45) is 0 Å². The summed E-state index contributed by atoms with van der Waals surface area (Å²) in [7, 11) is 3.17. The Labute approximate surface area is 129 Å². The molecule has 0 aliphatic carbocycles. The topological polar surface area (TPSA) is 47.6 Å². The second-order valence-corrected chi connectivity index (χ2v) is 6.40. The van der Waals surface area contributed by atoms with Crippen LogP contribution < -0.4 is 14.8 Å². The second kappa shape index (κ2) is 6.76. The van der Waals surface area contributed by atoms with Gasteiger partial charge in [0.25, 0.3) is 5.91 Å². The monoisotopic (exact) mass is 355 g/mol. The third-order valence-electron chi connectivity index (χ3n) is 2.72. The number of hydrogen-bond acceptors (Lipinski definition) is 4. The fraction of sp³-hybridized carbons (Fsp3) is 0.214. The lowest BCUT2D eigenvalue weighted by Gasteiger charge is -2.12. The molecule has 20 heavy (non-hydrogen) atoms. The lowest BCUT2D eigenvalue weighted by atomic mass is 10.2. The number of halogens is 1. The number of hydrogen-bond donors (Lipinski definition) is 1. The molecule has 0 aliphatic heterocycles. The number of amides is 1. The first kappa shape index (κ1) is 14.9. The molecule has 2 rings (SSSR count). The largest absolute Gasteiger partial charge is 0.493 e. The molecule has 1 aromatic heterocycles. The van der Waals surface area contributed by atoms with Crippen molar-refractivity contribution in [1.82, 2.24) is 5.32 Å². The number of methoxy groups -OCH3 is 2. The molecule has 0 aliphatic rings. The highest BCUT2D eigenvalue weighted by Crippen LogP contribution is 2.30. The van der Waals surface area contributed by atoms with Crippen molar-refractivity contribution in [2.45, 2.75) is 6.54 Å². The van der Waals surface area contributed by atoms with Gasteiger partial charge < -0.3 is 14.8 Å². The van der Waals surface area contributed by atoms with Gasteiger partial charge in [0.2, 0.25) is 0 Å². The maximum atomic E-state index is 12.0. The van der Waals surface area contributed by atoms with Gasteiger partial charge in [-0.25, -0.2) is 0 Å². The molecule has 0 radical (unpaired) electrons. The molecule has 0 unspecified atom stereocenters. The van der Waals surface area contributed by atoms with E-state index in [1.54, 1.807) is 20.3 Å². The lowest BCUT2D eigenvalue weighted by molar-refractivity contribution is 0.0954. The number of ether oxygens (including phenoxy) is 2. The van der Waals surface area contributed by atoms with Gasteiger partial charge in [0.05, 0.1) is 22.9 Å². The SMILES string of the molecule is COc1cccc(CNC(=O)c2ccc(Br)s2)c1OC. The molecule has 0 fully saturated rings. The third-order valence-corrected chi connectivity index (χ3v) is 4.34. The van der Waals surface area contributed by atoms with Crippen LogP contribution in [0.1, 0.15) is 15.2 Å². The van der Waals surface area contributed by atoms with Crippen molar-refractivity contribution in [3.8, 4) is 11.5 Å². The highest BCUT2D eigenvalue weighted by atomic mass is 79.9. The van der Waals surface area contributed by atoms with Gasteiger partial charge in [0.1, 0.15) is 0 Å². The molecule has 106 valence electrons. The minimum Gasteiger partial charge on any atom is -0.493 e. The van der Waals surface area contributed by atoms with Crippen molar-refractivity contribution in [3.63, 3.8) is 0 Å². The van der Waals surface area contributed by atoms with Crippen molar-refractivity contribution < 1.29 is 14.3 Å². The van der Waals surface area contributed by atoms with E-state index in [0.717, 1.165) is 9.35 Å². The number of benzene rings is 1. The van der Waals surface area contributed by atoms with Gasteiger partial charge in [-0.15, -0.1) is 11.3 Å². The minimum absolute atomic E-state index is 0.106. The first-order valence-electron chi connectivity index (χ1n) is 5.89. The molecule has 0 spiro atoms. The van der Waals surface area contributed by atoms with Gasteiger partial charge >= 0.3 is 0 Å². The molecule has 0 bridgehead atoms. The van der Waals surface area contributed by atoms with Crippen LogP contribution in [0.15, 0.2) is 34.1 Å². The maximum absolute atomic E-state index is 12.0. The van der Waals surface area contributed by atoms with Crippen LogP contribution in [0.2, 0.25) is 0 Å². The van der Waals surface area contributed by atoms with E-state index in [4.69, 9.17) is 9.47 Å². The van der Waals surface area contributed by atoms with Crippen LogP contribution in [-0.2, 0) is 6.54 Å². The molecule has 1 aromatic carbocycles. The number of rotatable bonds is 5. The summed E-state index contributed by atoms with van der Waals surface area (Å²) in [4.78, 5) is 12.7. The zero-order valence-corrected chi connectivity index (χ0v) is 13.5. The van der Waals surface area contributed by atoms with Crippen molar-refractivity contribution in [1.29, 1.82) is 0 Å². The molecule has 1 heterocycles. The molecule has 0 saturated carbocycles. The normalized spacial score (nSPS) is 10.2. The molecule has 1 amide bonds. The molecule has 0 saturated heterocycles. The van der Waals surface area contributed by atoms with Gasteiger partial charge in [0.15, 0.2) is 11.5 Å². The fourth-order valence-corrected chi connectivity index (χ4v) is 3.09. The Morgan fingerprint density at radius 1 is 1.25 bits per heavy atom. The average molecular weight is 356 g/mol. The van der Waals surface area contributed by atoms with Crippen LogP contribution >= 0.6 is 27.3 Å². The number of para-hydroxylation sites is 1. The summed E-state index contributed by atoms with van der Waals surface area (Å²) in [6.45, 7) is 0.384. The quantitative estimate of drug-likeness (QED) is 0.893. The Kier molecular flexibility index (Phi) is 5.03. The first-order chi connectivity index (χ1) is 9.65. The smallest absolute Gasteiger partial charge is 0.261 e. The Bertz CT molecular complexity index is 612. The predicted molar refractivity (Wildman–Crippen MR) is 82.7 cm³/mol. The van der Waals surface area contributed by atoms with Crippen molar-refractivity contribution >= 4 is 33.2 Å². The highest BCUT2D eigenvalue weighted by molar-refractivity contribution is 9.11. The maximum Gasteiger partial charge on any atom is 0.261 e. The van der Waals surface area contributed by atoms with Crippen molar-refractivity contribution in [3.05, 3.63) is 44.6 Å². The average Bonchev–Trinajstić information content (AvgIpc) is 2.90. The molecular weight excluding hydrogens is 342 g/mol. The van der Waals surface area contributed by atoms with Gasteiger partial charge in [-0.1, -0.05) is 12.1 Å². The summed E-state index contributed by atoms with van der Waals surface area (Å²) >= 11 is 4.74. The second-order valence-electron chi connectivity index (χ2n) is 3.94. The van der Waals surface area contributed by atoms with Gasteiger partial charge in [-0.3, -0.25) is 4.79 Å². The summed E-state index contributed by atoms with van der Waals surface area (Å²) in [5, 5.41) is 2.87. The molecule has 0 atom stereocenters. The lowest BCUT2D eigenvalue weighted by Crippen LogP contribution is -2.22. The van der Waals surface area contributed by atoms with Crippen molar-refractivity contribution in [2.75, 3.05) is 14.2 Å². The number of nitrogens with one attached hydrogen (secondary N) is 1. The van der Waals surface area contributed by atoms with E-state index < -0.39 is 0 Å². The molecule has 6 heteroatoms. The third kappa shape index (κ3) is 3.32. The van der Waals surface area contributed by atoms with E-state index in [9.17, 15) is 4.79 Å². The standard InChI is InChI=1S/C14H14BrNO3S/c1-18-10-5-3-4-9(13(10)19-2)8-16-14(17)11-6-7-12(15)20-11/h3-7H,8H2,1-2H3,(H,16,17).